The first-order valence-electron chi connectivity index (χ1n) is 6.58. The van der Waals surface area contributed by atoms with Crippen LogP contribution in [0.3, 0.4) is 0 Å². The number of rotatable bonds is 6. The van der Waals surface area contributed by atoms with Crippen molar-refractivity contribution in [2.45, 2.75) is 25.5 Å². The van der Waals surface area contributed by atoms with Gasteiger partial charge in [-0.05, 0) is 12.8 Å². The van der Waals surface area contributed by atoms with E-state index in [2.05, 4.69) is 15.7 Å². The van der Waals surface area contributed by atoms with E-state index in [1.54, 1.807) is 17.1 Å². The fourth-order valence-corrected chi connectivity index (χ4v) is 1.98. The molecule has 8 nitrogen and oxygen atoms in total. The van der Waals surface area contributed by atoms with Crippen LogP contribution in [-0.4, -0.2) is 47.4 Å². The average Bonchev–Trinajstić information content (AvgIpc) is 3.08. The van der Waals surface area contributed by atoms with Crippen molar-refractivity contribution in [3.05, 3.63) is 12.4 Å². The van der Waals surface area contributed by atoms with Crippen molar-refractivity contribution in [2.75, 3.05) is 25.0 Å². The van der Waals surface area contributed by atoms with Gasteiger partial charge in [0.05, 0.1) is 37.6 Å². The Hall–Kier alpha value is -1.93. The highest BCUT2D eigenvalue weighted by molar-refractivity contribution is 5.94. The largest absolute Gasteiger partial charge is 0.376 e. The summed E-state index contributed by atoms with van der Waals surface area (Å²) in [6.07, 6.45) is 5.62. The van der Waals surface area contributed by atoms with E-state index in [0.717, 1.165) is 19.4 Å². The van der Waals surface area contributed by atoms with Gasteiger partial charge in [-0.25, -0.2) is 0 Å². The van der Waals surface area contributed by atoms with Crippen LogP contribution in [0.15, 0.2) is 12.4 Å². The first kappa shape index (κ1) is 14.5. The van der Waals surface area contributed by atoms with Crippen LogP contribution in [0.2, 0.25) is 0 Å². The van der Waals surface area contributed by atoms with E-state index in [0.29, 0.717) is 12.2 Å². The Morgan fingerprint density at radius 1 is 1.50 bits per heavy atom. The molecule has 1 aromatic heterocycles. The minimum Gasteiger partial charge on any atom is -0.376 e. The summed E-state index contributed by atoms with van der Waals surface area (Å²) in [6, 6.07) is 0. The van der Waals surface area contributed by atoms with Gasteiger partial charge in [0.15, 0.2) is 0 Å². The summed E-state index contributed by atoms with van der Waals surface area (Å²) in [6.45, 7) is 1.25. The third-order valence-electron chi connectivity index (χ3n) is 2.96. The summed E-state index contributed by atoms with van der Waals surface area (Å²) in [4.78, 5) is 22.5. The Kier molecular flexibility index (Phi) is 5.08. The zero-order chi connectivity index (χ0) is 14.4. The normalized spacial score (nSPS) is 17.9. The predicted octanol–water partition coefficient (Wildman–Crippen LogP) is -0.924. The lowest BCUT2D eigenvalue weighted by molar-refractivity contribution is -0.123. The van der Waals surface area contributed by atoms with Gasteiger partial charge in [0.1, 0.15) is 0 Å². The van der Waals surface area contributed by atoms with Gasteiger partial charge < -0.3 is 21.1 Å². The molecule has 0 saturated carbocycles. The average molecular weight is 281 g/mol. The Bertz CT molecular complexity index is 467. The maximum absolute atomic E-state index is 11.6. The van der Waals surface area contributed by atoms with Gasteiger partial charge in [0.2, 0.25) is 11.8 Å². The van der Waals surface area contributed by atoms with Crippen LogP contribution in [0, 0.1) is 0 Å². The topological polar surface area (TPSA) is 111 Å². The van der Waals surface area contributed by atoms with Crippen LogP contribution < -0.4 is 16.4 Å². The van der Waals surface area contributed by atoms with Gasteiger partial charge in [-0.15, -0.1) is 0 Å². The van der Waals surface area contributed by atoms with Gasteiger partial charge in [-0.2, -0.15) is 5.10 Å². The second-order valence-corrected chi connectivity index (χ2v) is 4.62. The third kappa shape index (κ3) is 4.32. The highest BCUT2D eigenvalue weighted by Crippen LogP contribution is 2.14. The fourth-order valence-electron chi connectivity index (χ4n) is 1.98. The zero-order valence-corrected chi connectivity index (χ0v) is 11.2. The number of hydrogen-bond donors (Lipinski definition) is 3. The second-order valence-electron chi connectivity index (χ2n) is 4.62. The molecule has 4 N–H and O–H groups in total. The maximum atomic E-state index is 11.6. The molecule has 1 atom stereocenters. The SMILES string of the molecule is NCC(=O)NCC(=O)Nc1cnn(CC2CCCO2)c1. The van der Waals surface area contributed by atoms with Crippen LogP contribution in [-0.2, 0) is 20.9 Å². The van der Waals surface area contributed by atoms with E-state index in [9.17, 15) is 9.59 Å². The minimum absolute atomic E-state index is 0.104. The molecule has 1 fully saturated rings. The van der Waals surface area contributed by atoms with Gasteiger partial charge in [0, 0.05) is 12.8 Å². The number of amides is 2. The van der Waals surface area contributed by atoms with Gasteiger partial charge in [-0.3, -0.25) is 14.3 Å². The quantitative estimate of drug-likeness (QED) is 0.624. The molecule has 1 aromatic rings. The molecule has 0 aliphatic carbocycles. The lowest BCUT2D eigenvalue weighted by Gasteiger charge is -2.08. The van der Waals surface area contributed by atoms with E-state index in [1.165, 1.54) is 0 Å². The molecule has 0 radical (unpaired) electrons. The number of nitrogens with two attached hydrogens (primary N) is 1. The molecule has 2 heterocycles. The van der Waals surface area contributed by atoms with Crippen LogP contribution in [0.1, 0.15) is 12.8 Å². The van der Waals surface area contributed by atoms with Crippen molar-refractivity contribution in [3.8, 4) is 0 Å². The van der Waals surface area contributed by atoms with Gasteiger partial charge in [0.25, 0.3) is 0 Å². The van der Waals surface area contributed by atoms with Crippen LogP contribution >= 0.6 is 0 Å². The molecule has 1 unspecified atom stereocenters. The molecular formula is C12H19N5O3. The number of ether oxygens (including phenoxy) is 1. The second kappa shape index (κ2) is 7.01. The standard InChI is InChI=1S/C12H19N5O3/c13-4-11(18)14-6-12(19)16-9-5-15-17(7-9)8-10-2-1-3-20-10/h5,7,10H,1-4,6,8,13H2,(H,14,18)(H,16,19). The van der Waals surface area contributed by atoms with Crippen molar-refractivity contribution < 1.29 is 14.3 Å². The predicted molar refractivity (Wildman–Crippen MR) is 71.9 cm³/mol. The molecule has 0 aromatic carbocycles. The maximum Gasteiger partial charge on any atom is 0.243 e. The van der Waals surface area contributed by atoms with Gasteiger partial charge in [-0.1, -0.05) is 0 Å². The van der Waals surface area contributed by atoms with Crippen LogP contribution in [0.5, 0.6) is 0 Å². The van der Waals surface area contributed by atoms with E-state index >= 15 is 0 Å². The minimum atomic E-state index is -0.366. The lowest BCUT2D eigenvalue weighted by atomic mass is 10.2. The first-order chi connectivity index (χ1) is 9.67. The molecule has 20 heavy (non-hydrogen) atoms. The first-order valence-corrected chi connectivity index (χ1v) is 6.58. The fraction of sp³-hybridized carbons (Fsp3) is 0.583. The highest BCUT2D eigenvalue weighted by Gasteiger charge is 2.16. The lowest BCUT2D eigenvalue weighted by Crippen LogP contribution is -2.36. The Balaban J connectivity index is 1.76. The highest BCUT2D eigenvalue weighted by atomic mass is 16.5. The molecule has 1 aliphatic rings. The molecule has 0 spiro atoms. The Labute approximate surface area is 116 Å². The molecule has 2 rings (SSSR count). The summed E-state index contributed by atoms with van der Waals surface area (Å²) in [5, 5.41) is 9.20. The van der Waals surface area contributed by atoms with E-state index < -0.39 is 0 Å². The van der Waals surface area contributed by atoms with E-state index in [-0.39, 0.29) is 31.0 Å². The number of nitrogens with one attached hydrogen (secondary N) is 2. The van der Waals surface area contributed by atoms with Crippen LogP contribution in [0.4, 0.5) is 5.69 Å². The van der Waals surface area contributed by atoms with Gasteiger partial charge >= 0.3 is 0 Å². The summed E-state index contributed by atoms with van der Waals surface area (Å²) in [5.41, 5.74) is 5.72. The number of carbonyl (C=O) groups excluding carboxylic acids is 2. The van der Waals surface area contributed by atoms with Crippen LogP contribution in [0.25, 0.3) is 0 Å². The Morgan fingerprint density at radius 2 is 2.35 bits per heavy atom. The molecule has 0 bridgehead atoms. The van der Waals surface area contributed by atoms with Crippen molar-refractivity contribution in [1.29, 1.82) is 0 Å². The smallest absolute Gasteiger partial charge is 0.243 e. The monoisotopic (exact) mass is 281 g/mol. The van der Waals surface area contributed by atoms with E-state index in [4.69, 9.17) is 10.5 Å². The molecule has 1 aliphatic heterocycles. The third-order valence-corrected chi connectivity index (χ3v) is 2.96. The Morgan fingerprint density at radius 3 is 3.05 bits per heavy atom. The number of anilines is 1. The summed E-state index contributed by atoms with van der Waals surface area (Å²) >= 11 is 0. The van der Waals surface area contributed by atoms with Crippen molar-refractivity contribution in [3.63, 3.8) is 0 Å². The summed E-state index contributed by atoms with van der Waals surface area (Å²) < 4.78 is 7.26. The van der Waals surface area contributed by atoms with Crippen molar-refractivity contribution >= 4 is 17.5 Å². The summed E-state index contributed by atoms with van der Waals surface area (Å²) in [5.74, 6) is -0.683. The van der Waals surface area contributed by atoms with Crippen molar-refractivity contribution in [1.82, 2.24) is 15.1 Å². The zero-order valence-electron chi connectivity index (χ0n) is 11.2. The summed E-state index contributed by atoms with van der Waals surface area (Å²) in [7, 11) is 0. The number of hydrogen-bond acceptors (Lipinski definition) is 5. The van der Waals surface area contributed by atoms with E-state index in [1.807, 2.05) is 0 Å². The number of aromatic nitrogens is 2. The number of nitrogens with zero attached hydrogens (tertiary/aromatic N) is 2. The molecule has 8 heteroatoms. The molecule has 110 valence electrons. The molecule has 2 amide bonds. The molecular weight excluding hydrogens is 262 g/mol. The number of carbonyl (C=O) groups is 2. The van der Waals surface area contributed by atoms with Crippen molar-refractivity contribution in [2.24, 2.45) is 5.73 Å². The molecule has 1 saturated heterocycles.